The van der Waals surface area contributed by atoms with Crippen molar-refractivity contribution in [2.24, 2.45) is 161 Å². The van der Waals surface area contributed by atoms with Crippen LogP contribution in [0.2, 0.25) is 0 Å². The topological polar surface area (TPSA) is 0 Å². The van der Waals surface area contributed by atoms with E-state index in [0.29, 0.717) is 0 Å². The van der Waals surface area contributed by atoms with Gasteiger partial charge in [0.25, 0.3) is 0 Å². The van der Waals surface area contributed by atoms with Crippen molar-refractivity contribution < 1.29 is 0 Å². The Balaban J connectivity index is 0.903. The zero-order valence-corrected chi connectivity index (χ0v) is 19.4. The lowest BCUT2D eigenvalue weighted by Crippen LogP contribution is -3.33. The van der Waals surface area contributed by atoms with Gasteiger partial charge in [0.05, 0.1) is 0 Å². The summed E-state index contributed by atoms with van der Waals surface area (Å²) in [7, 11) is 0. The van der Waals surface area contributed by atoms with E-state index in [-0.39, 0.29) is 0 Å². The molecule has 19 fully saturated rings. The lowest BCUT2D eigenvalue weighted by molar-refractivity contribution is -0.896. The van der Waals surface area contributed by atoms with E-state index in [4.69, 9.17) is 0 Å². The van der Waals surface area contributed by atoms with Crippen molar-refractivity contribution in [3.8, 4) is 0 Å². The van der Waals surface area contributed by atoms with E-state index in [1.807, 2.05) is 0 Å². The van der Waals surface area contributed by atoms with Gasteiger partial charge in [-0.2, -0.15) is 0 Å². The molecule has 0 nitrogen and oxygen atoms in total. The van der Waals surface area contributed by atoms with E-state index in [0.717, 1.165) is 54.7 Å². The van der Waals surface area contributed by atoms with Crippen molar-refractivity contribution in [1.82, 2.24) is 0 Å². The zero-order valence-electron chi connectivity index (χ0n) is 19.4. The largest absolute Gasteiger partial charge is 0.0807 e. The smallest absolute Gasteiger partial charge is 0.00455 e. The molecule has 20 rings (SSSR count). The fraction of sp³-hybridized carbons (Fsp3) is 0.941. The van der Waals surface area contributed by atoms with Crippen molar-refractivity contribution in [1.29, 1.82) is 0 Å². The summed E-state index contributed by atoms with van der Waals surface area (Å²) in [6.07, 6.45) is 9.83. The summed E-state index contributed by atoms with van der Waals surface area (Å²) in [5.41, 5.74) is 11.5. The van der Waals surface area contributed by atoms with Crippen LogP contribution in [-0.4, -0.2) is 0 Å². The second kappa shape index (κ2) is 2.34. The molecular formula is C34H28. The van der Waals surface area contributed by atoms with Gasteiger partial charge in [0, 0.05) is 5.41 Å². The fourth-order valence-corrected chi connectivity index (χ4v) is 28.8. The van der Waals surface area contributed by atoms with Gasteiger partial charge in [-0.1, -0.05) is 11.6 Å². The van der Waals surface area contributed by atoms with Crippen LogP contribution in [0.1, 0.15) is 25.7 Å². The Bertz CT molecular complexity index is 1700. The molecule has 34 heavy (non-hydrogen) atoms. The molecule has 0 heterocycles. The van der Waals surface area contributed by atoms with Crippen LogP contribution in [0, 0.1) is 161 Å². The molecule has 20 aliphatic rings. The van der Waals surface area contributed by atoms with E-state index < -0.39 is 0 Å². The zero-order chi connectivity index (χ0) is 19.6. The highest BCUT2D eigenvalue weighted by Crippen LogP contribution is 3.36. The van der Waals surface area contributed by atoms with Gasteiger partial charge in [-0.05, 0) is 181 Å². The minimum absolute atomic E-state index is 0.910. The van der Waals surface area contributed by atoms with E-state index >= 15 is 0 Å². The maximum atomic E-state index is 3.06. The Morgan fingerprint density at radius 1 is 0.471 bits per heavy atom. The first kappa shape index (κ1) is 13.0. The van der Waals surface area contributed by atoms with E-state index in [1.165, 1.54) is 107 Å². The second-order valence-electron chi connectivity index (χ2n) is 20.1. The van der Waals surface area contributed by atoms with Gasteiger partial charge in [0.15, 0.2) is 0 Å². The third-order valence-corrected chi connectivity index (χ3v) is 24.9. The van der Waals surface area contributed by atoms with Crippen LogP contribution in [0.5, 0.6) is 0 Å². The molecule has 9 spiro atoms. The first-order chi connectivity index (χ1) is 16.9. The first-order valence-electron chi connectivity index (χ1n) is 16.6. The molecule has 164 valence electrons. The normalized spacial score (nSPS) is 116. The van der Waals surface area contributed by atoms with Crippen LogP contribution in [0.3, 0.4) is 0 Å². The third-order valence-electron chi connectivity index (χ3n) is 24.9. The van der Waals surface area contributed by atoms with Crippen LogP contribution in [0.15, 0.2) is 11.6 Å². The highest BCUT2D eigenvalue weighted by molar-refractivity contribution is 5.81. The van der Waals surface area contributed by atoms with Crippen LogP contribution < -0.4 is 0 Å². The summed E-state index contributed by atoms with van der Waals surface area (Å²) in [6.45, 7) is 0. The number of hydrogen-bond donors (Lipinski definition) is 0. The van der Waals surface area contributed by atoms with Crippen LogP contribution in [0.4, 0.5) is 0 Å². The standard InChI is InChI=1S/C34H28/c1-6-2-9-13-17-21-25-23-19-15-11-4-8-3-10-14-18-22-24-20-16-12-5-7(1)26(6,9)28(12,13)30(16,17)32(20,21)34(24,25)33(22,23)31(18,19)29(14,15)27(8,10)11/h5-6,8-25H,1-4H2. The molecule has 0 heteroatoms. The molecular weight excluding hydrogens is 408 g/mol. The molecule has 0 saturated heterocycles. The molecule has 0 N–H and O–H groups in total. The van der Waals surface area contributed by atoms with E-state index in [1.54, 1.807) is 25.7 Å². The molecule has 0 radical (unpaired) electrons. The average Bonchev–Trinajstić information content (AvgIpc) is 2.98. The maximum Gasteiger partial charge on any atom is 0.00455 e. The summed E-state index contributed by atoms with van der Waals surface area (Å²) < 4.78 is 0. The van der Waals surface area contributed by atoms with Gasteiger partial charge in [-0.3, -0.25) is 0 Å². The summed E-state index contributed by atoms with van der Waals surface area (Å²) >= 11 is 0. The highest BCUT2D eigenvalue weighted by atomic mass is 15.4. The van der Waals surface area contributed by atoms with Crippen molar-refractivity contribution in [3.05, 3.63) is 11.6 Å². The molecule has 0 aromatic heterocycles. The molecule has 0 aromatic rings. The molecule has 28 unspecified atom stereocenters. The average molecular weight is 437 g/mol. The minimum atomic E-state index is 0.910. The molecule has 0 aliphatic heterocycles. The number of rotatable bonds is 0. The number of fused-ring (bicyclic) bond motifs is 15. The van der Waals surface area contributed by atoms with Gasteiger partial charge in [-0.15, -0.1) is 0 Å². The van der Waals surface area contributed by atoms with Gasteiger partial charge >= 0.3 is 0 Å². The summed E-state index contributed by atoms with van der Waals surface area (Å²) in [5.74, 6) is 25.0. The van der Waals surface area contributed by atoms with Crippen molar-refractivity contribution >= 4 is 0 Å². The molecule has 0 bridgehead atoms. The number of hydrogen-bond acceptors (Lipinski definition) is 0. The molecule has 0 amide bonds. The Morgan fingerprint density at radius 2 is 0.971 bits per heavy atom. The predicted molar refractivity (Wildman–Crippen MR) is 115 cm³/mol. The molecule has 20 aliphatic carbocycles. The molecule has 19 saturated carbocycles. The van der Waals surface area contributed by atoms with Crippen LogP contribution in [0.25, 0.3) is 0 Å². The summed E-state index contributed by atoms with van der Waals surface area (Å²) in [6, 6.07) is 0. The van der Waals surface area contributed by atoms with E-state index in [9.17, 15) is 0 Å². The van der Waals surface area contributed by atoms with Crippen LogP contribution >= 0.6 is 0 Å². The van der Waals surface area contributed by atoms with Crippen molar-refractivity contribution in [2.45, 2.75) is 25.7 Å². The van der Waals surface area contributed by atoms with Gasteiger partial charge in [-0.25, -0.2) is 0 Å². The van der Waals surface area contributed by atoms with Crippen molar-refractivity contribution in [3.63, 3.8) is 0 Å². The van der Waals surface area contributed by atoms with Crippen molar-refractivity contribution in [2.75, 3.05) is 0 Å². The Labute approximate surface area is 198 Å². The summed E-state index contributed by atoms with van der Waals surface area (Å²) in [5, 5.41) is 0. The lowest BCUT2D eigenvalue weighted by atomic mass is 8.68. The summed E-state index contributed by atoms with van der Waals surface area (Å²) in [4.78, 5) is 0. The Kier molecular flexibility index (Phi) is 0.895. The highest BCUT2D eigenvalue weighted by Gasteiger charge is 3.34. The minimum Gasteiger partial charge on any atom is -0.0807 e. The van der Waals surface area contributed by atoms with Crippen LogP contribution in [-0.2, 0) is 0 Å². The Hall–Kier alpha value is -0.260. The van der Waals surface area contributed by atoms with Gasteiger partial charge in [0.1, 0.15) is 0 Å². The lowest BCUT2D eigenvalue weighted by Gasteiger charge is -3.35. The molecule has 0 aromatic carbocycles. The predicted octanol–water partition coefficient (Wildman–Crippen LogP) is 4.33. The first-order valence-corrected chi connectivity index (χ1v) is 16.6. The van der Waals surface area contributed by atoms with Gasteiger partial charge < -0.3 is 0 Å². The fourth-order valence-electron chi connectivity index (χ4n) is 28.8. The quantitative estimate of drug-likeness (QED) is 0.496. The number of allylic oxidation sites excluding steroid dienone is 2. The second-order valence-corrected chi connectivity index (χ2v) is 20.1. The SMILES string of the molecule is C1=C2CC3CC4C5C6C7C8C9C%10C%11C%12CC%13CC%14C%15C%16C%17C%18C%19C%20C1C5(C234)C%206C%197C%188C%179C%16%10C%15%11C%13%14%12. The maximum absolute atomic E-state index is 3.06. The monoisotopic (exact) mass is 436 g/mol. The third kappa shape index (κ3) is 0.406. The molecule has 28 atom stereocenters. The van der Waals surface area contributed by atoms with Gasteiger partial charge in [0.2, 0.25) is 0 Å². The van der Waals surface area contributed by atoms with E-state index in [2.05, 4.69) is 11.6 Å². The Morgan fingerprint density at radius 3 is 1.59 bits per heavy atom.